The molecule has 1 saturated carbocycles. The van der Waals surface area contributed by atoms with Gasteiger partial charge in [0, 0.05) is 35.2 Å². The van der Waals surface area contributed by atoms with Gasteiger partial charge in [-0.2, -0.15) is 0 Å². The van der Waals surface area contributed by atoms with Crippen LogP contribution < -0.4 is 15.1 Å². The van der Waals surface area contributed by atoms with Gasteiger partial charge in [-0.3, -0.25) is 9.71 Å². The minimum atomic E-state index is -4.29. The lowest BCUT2D eigenvalue weighted by Crippen LogP contribution is -2.20. The number of hydrogen-bond acceptors (Lipinski definition) is 7. The summed E-state index contributed by atoms with van der Waals surface area (Å²) >= 11 is 0. The molecule has 2 aromatic heterocycles. The predicted octanol–water partition coefficient (Wildman–Crippen LogP) is 6.64. The molecule has 1 fully saturated rings. The maximum absolute atomic E-state index is 13.7. The first kappa shape index (κ1) is 27.3. The Kier molecular flexibility index (Phi) is 7.26. The number of aromatic hydroxyl groups is 1. The Labute approximate surface area is 243 Å². The van der Waals surface area contributed by atoms with E-state index in [2.05, 4.69) is 9.71 Å². The first-order valence-electron chi connectivity index (χ1n) is 13.5. The molecule has 6 rings (SSSR count). The highest BCUT2D eigenvalue weighted by atomic mass is 32.2. The van der Waals surface area contributed by atoms with E-state index >= 15 is 0 Å². The summed E-state index contributed by atoms with van der Waals surface area (Å²) in [5.74, 6) is 0.407. The predicted molar refractivity (Wildman–Crippen MR) is 160 cm³/mol. The molecule has 42 heavy (non-hydrogen) atoms. The van der Waals surface area contributed by atoms with Crippen LogP contribution in [0.5, 0.6) is 11.5 Å². The molecule has 8 nitrogen and oxygen atoms in total. The summed E-state index contributed by atoms with van der Waals surface area (Å²) in [5, 5.41) is 10.8. The molecule has 212 valence electrons. The van der Waals surface area contributed by atoms with Crippen molar-refractivity contribution in [2.45, 2.75) is 37.2 Å². The number of rotatable bonds is 9. The SMILES string of the molecule is Cc1ccc(S(=O)(=O)Nc2c(O)cc(-c3ccc(OCc4cccnc4)cc3)oc2=O)c(-c2ccccc2)c1C1CC1. The third-order valence-corrected chi connectivity index (χ3v) is 8.59. The van der Waals surface area contributed by atoms with Gasteiger partial charge in [0.15, 0.2) is 11.4 Å². The van der Waals surface area contributed by atoms with Crippen molar-refractivity contribution in [1.29, 1.82) is 0 Å². The summed E-state index contributed by atoms with van der Waals surface area (Å²) in [7, 11) is -4.29. The molecule has 0 saturated heterocycles. The molecular weight excluding hydrogens is 552 g/mol. The minimum Gasteiger partial charge on any atom is -0.505 e. The quantitative estimate of drug-likeness (QED) is 0.201. The van der Waals surface area contributed by atoms with Crippen LogP contribution >= 0.6 is 0 Å². The molecule has 1 aliphatic rings. The van der Waals surface area contributed by atoms with Gasteiger partial charge < -0.3 is 14.3 Å². The molecule has 2 N–H and O–H groups in total. The number of nitrogens with zero attached hydrogens (tertiary/aromatic N) is 1. The molecule has 2 heterocycles. The minimum absolute atomic E-state index is 0.0333. The Morgan fingerprint density at radius 3 is 2.40 bits per heavy atom. The van der Waals surface area contributed by atoms with Gasteiger partial charge in [0.25, 0.3) is 10.0 Å². The smallest absolute Gasteiger partial charge is 0.364 e. The molecule has 1 aliphatic carbocycles. The number of pyridine rings is 1. The van der Waals surface area contributed by atoms with Gasteiger partial charge in [0.1, 0.15) is 18.1 Å². The van der Waals surface area contributed by atoms with Crippen molar-refractivity contribution in [2.75, 3.05) is 4.72 Å². The van der Waals surface area contributed by atoms with Gasteiger partial charge >= 0.3 is 5.63 Å². The second-order valence-electron chi connectivity index (χ2n) is 10.2. The normalized spacial score (nSPS) is 13.1. The highest BCUT2D eigenvalue weighted by Crippen LogP contribution is 2.48. The van der Waals surface area contributed by atoms with Crippen molar-refractivity contribution in [2.24, 2.45) is 0 Å². The lowest BCUT2D eigenvalue weighted by Gasteiger charge is -2.18. The number of hydrogen-bond donors (Lipinski definition) is 2. The molecule has 0 aliphatic heterocycles. The Morgan fingerprint density at radius 1 is 0.976 bits per heavy atom. The molecule has 0 amide bonds. The van der Waals surface area contributed by atoms with Crippen LogP contribution in [0.3, 0.4) is 0 Å². The Hall–Kier alpha value is -4.89. The summed E-state index contributed by atoms with van der Waals surface area (Å²) < 4.78 is 41.0. The number of benzene rings is 3. The summed E-state index contributed by atoms with van der Waals surface area (Å²) in [6.07, 6.45) is 5.38. The van der Waals surface area contributed by atoms with Crippen LogP contribution in [0.1, 0.15) is 35.4 Å². The van der Waals surface area contributed by atoms with Crippen LogP contribution in [0, 0.1) is 6.92 Å². The fraction of sp³-hybridized carbons (Fsp3) is 0.152. The molecule has 0 spiro atoms. The van der Waals surface area contributed by atoms with E-state index in [9.17, 15) is 18.3 Å². The van der Waals surface area contributed by atoms with Crippen LogP contribution in [0.4, 0.5) is 5.69 Å². The Bertz CT molecular complexity index is 1900. The van der Waals surface area contributed by atoms with Crippen molar-refractivity contribution in [1.82, 2.24) is 4.98 Å². The van der Waals surface area contributed by atoms with E-state index in [1.54, 1.807) is 42.7 Å². The van der Waals surface area contributed by atoms with E-state index in [1.165, 1.54) is 12.1 Å². The number of nitrogens with one attached hydrogen (secondary N) is 1. The van der Waals surface area contributed by atoms with Crippen molar-refractivity contribution in [3.8, 4) is 33.9 Å². The first-order valence-corrected chi connectivity index (χ1v) is 15.0. The van der Waals surface area contributed by atoms with Crippen LogP contribution in [-0.4, -0.2) is 18.5 Å². The third kappa shape index (κ3) is 5.64. The zero-order valence-corrected chi connectivity index (χ0v) is 23.6. The maximum atomic E-state index is 13.7. The molecule has 3 aromatic carbocycles. The van der Waals surface area contributed by atoms with Gasteiger partial charge in [0.05, 0.1) is 4.90 Å². The maximum Gasteiger partial charge on any atom is 0.364 e. The number of aryl methyl sites for hydroxylation is 1. The summed E-state index contributed by atoms with van der Waals surface area (Å²) in [6.45, 7) is 2.32. The number of ether oxygens (including phenoxy) is 1. The second-order valence-corrected chi connectivity index (χ2v) is 11.9. The van der Waals surface area contributed by atoms with Crippen LogP contribution in [0.15, 0.2) is 111 Å². The third-order valence-electron chi connectivity index (χ3n) is 7.20. The lowest BCUT2D eigenvalue weighted by molar-refractivity contribution is 0.306. The van der Waals surface area contributed by atoms with Crippen molar-refractivity contribution in [3.63, 3.8) is 0 Å². The number of anilines is 1. The molecular formula is C33H28N2O6S. The average Bonchev–Trinajstić information content (AvgIpc) is 3.84. The molecule has 0 bridgehead atoms. The fourth-order valence-electron chi connectivity index (χ4n) is 5.00. The Morgan fingerprint density at radius 2 is 1.74 bits per heavy atom. The summed E-state index contributed by atoms with van der Waals surface area (Å²) in [5.41, 5.74) is 3.23. The fourth-order valence-corrected chi connectivity index (χ4v) is 6.31. The highest BCUT2D eigenvalue weighted by Gasteiger charge is 2.33. The van der Waals surface area contributed by atoms with E-state index in [1.807, 2.05) is 49.4 Å². The van der Waals surface area contributed by atoms with Crippen molar-refractivity contribution >= 4 is 15.7 Å². The molecule has 0 radical (unpaired) electrons. The molecule has 5 aromatic rings. The largest absolute Gasteiger partial charge is 0.505 e. The highest BCUT2D eigenvalue weighted by molar-refractivity contribution is 7.92. The zero-order chi connectivity index (χ0) is 29.3. The summed E-state index contributed by atoms with van der Waals surface area (Å²) in [6, 6.07) is 24.4. The Balaban J connectivity index is 1.28. The van der Waals surface area contributed by atoms with Crippen molar-refractivity contribution in [3.05, 3.63) is 124 Å². The molecule has 0 unspecified atom stereocenters. The lowest BCUT2D eigenvalue weighted by atomic mass is 9.93. The first-order chi connectivity index (χ1) is 20.3. The molecule has 9 heteroatoms. The second kappa shape index (κ2) is 11.2. The van der Waals surface area contributed by atoms with Gasteiger partial charge in [0.2, 0.25) is 0 Å². The monoisotopic (exact) mass is 580 g/mol. The molecule has 0 atom stereocenters. The van der Waals surface area contributed by atoms with Gasteiger partial charge in [-0.05, 0) is 78.8 Å². The van der Waals surface area contributed by atoms with E-state index in [-0.39, 0.29) is 16.6 Å². The topological polar surface area (TPSA) is 119 Å². The van der Waals surface area contributed by atoms with E-state index < -0.39 is 27.1 Å². The van der Waals surface area contributed by atoms with E-state index in [4.69, 9.17) is 9.15 Å². The number of sulfonamides is 1. The van der Waals surface area contributed by atoms with Gasteiger partial charge in [-0.1, -0.05) is 42.5 Å². The average molecular weight is 581 g/mol. The zero-order valence-electron chi connectivity index (χ0n) is 22.8. The van der Waals surface area contributed by atoms with E-state index in [0.29, 0.717) is 23.5 Å². The van der Waals surface area contributed by atoms with Crippen LogP contribution in [0.25, 0.3) is 22.5 Å². The van der Waals surface area contributed by atoms with E-state index in [0.717, 1.165) is 35.1 Å². The standard InChI is InChI=1S/C33H28N2O6S/c1-21-9-16-29(31(30(21)25-10-11-25)24-7-3-2-4-8-24)42(38,39)35-32-27(36)18-28(41-33(32)37)23-12-14-26(15-13-23)40-20-22-6-5-17-34-19-22/h2-9,12-19,25,35-36H,10-11,20H2,1H3. The van der Waals surface area contributed by atoms with Crippen molar-refractivity contribution < 1.29 is 22.7 Å². The van der Waals surface area contributed by atoms with Crippen LogP contribution in [-0.2, 0) is 16.6 Å². The number of aromatic nitrogens is 1. The van der Waals surface area contributed by atoms with Crippen LogP contribution in [0.2, 0.25) is 0 Å². The van der Waals surface area contributed by atoms with Gasteiger partial charge in [-0.15, -0.1) is 0 Å². The van der Waals surface area contributed by atoms with Gasteiger partial charge in [-0.25, -0.2) is 13.2 Å². The summed E-state index contributed by atoms with van der Waals surface area (Å²) in [4.78, 5) is 17.1.